The van der Waals surface area contributed by atoms with Gasteiger partial charge in [-0.25, -0.2) is 0 Å². The lowest BCUT2D eigenvalue weighted by Gasteiger charge is -2.09. The molecule has 2 amide bonds. The molecule has 2 aromatic carbocycles. The minimum absolute atomic E-state index is 0.0324. The van der Waals surface area contributed by atoms with Gasteiger partial charge in [0, 0.05) is 24.6 Å². The summed E-state index contributed by atoms with van der Waals surface area (Å²) < 4.78 is 0. The number of benzene rings is 2. The van der Waals surface area contributed by atoms with Crippen LogP contribution in [0.4, 0.5) is 5.69 Å². The predicted octanol–water partition coefficient (Wildman–Crippen LogP) is 2.26. The number of aryl methyl sites for hydroxylation is 1. The number of nitro groups is 1. The number of carbonyl (C=O) groups is 2. The Kier molecular flexibility index (Phi) is 7.79. The van der Waals surface area contributed by atoms with E-state index in [1.807, 2.05) is 30.3 Å². The van der Waals surface area contributed by atoms with Crippen LogP contribution in [0.3, 0.4) is 0 Å². The van der Waals surface area contributed by atoms with E-state index in [1.165, 1.54) is 36.4 Å². The number of amides is 2. The van der Waals surface area contributed by atoms with Crippen LogP contribution in [0.25, 0.3) is 6.08 Å². The summed E-state index contributed by atoms with van der Waals surface area (Å²) in [5.41, 5.74) is 6.51. The van der Waals surface area contributed by atoms with E-state index in [2.05, 4.69) is 16.2 Å². The zero-order valence-electron chi connectivity index (χ0n) is 14.8. The third-order valence-electron chi connectivity index (χ3n) is 3.57. The molecule has 0 saturated heterocycles. The van der Waals surface area contributed by atoms with Gasteiger partial charge in [-0.2, -0.15) is 0 Å². The Morgan fingerprint density at radius 1 is 1.04 bits per heavy atom. The molecule has 2 aromatic rings. The SMILES string of the molecule is O=C(/C=C/c1ccc([N+](=O)[O-])cc1)NC(=S)NNC(=O)CCc1ccccc1. The molecule has 8 nitrogen and oxygen atoms in total. The standard InChI is InChI=1S/C19H18N4O4S/c24-17(12-8-15-6-10-16(11-7-15)23(26)27)20-19(28)22-21-18(25)13-9-14-4-2-1-3-5-14/h1-8,10-12H,9,13H2,(H,21,25)(H2,20,22,24,28)/b12-8+. The molecule has 0 saturated carbocycles. The molecule has 0 aliphatic rings. The maximum Gasteiger partial charge on any atom is 0.269 e. The van der Waals surface area contributed by atoms with Crippen LogP contribution in [0.2, 0.25) is 0 Å². The summed E-state index contributed by atoms with van der Waals surface area (Å²) in [4.78, 5) is 33.7. The van der Waals surface area contributed by atoms with Crippen molar-refractivity contribution in [1.29, 1.82) is 0 Å². The first-order chi connectivity index (χ1) is 13.4. The lowest BCUT2D eigenvalue weighted by molar-refractivity contribution is -0.384. The third kappa shape index (κ3) is 7.34. The van der Waals surface area contributed by atoms with Crippen LogP contribution in [-0.2, 0) is 16.0 Å². The molecule has 0 aliphatic carbocycles. The van der Waals surface area contributed by atoms with E-state index in [1.54, 1.807) is 0 Å². The fourth-order valence-electron chi connectivity index (χ4n) is 2.16. The molecule has 144 valence electrons. The fourth-order valence-corrected chi connectivity index (χ4v) is 2.31. The van der Waals surface area contributed by atoms with E-state index in [-0.39, 0.29) is 23.1 Å². The monoisotopic (exact) mass is 398 g/mol. The quantitative estimate of drug-likeness (QED) is 0.298. The second-order valence-corrected chi connectivity index (χ2v) is 6.07. The van der Waals surface area contributed by atoms with Gasteiger partial charge < -0.3 is 0 Å². The molecule has 0 fully saturated rings. The summed E-state index contributed by atoms with van der Waals surface area (Å²) in [5, 5.41) is 12.9. The number of non-ortho nitro benzene ring substituents is 1. The van der Waals surface area contributed by atoms with Gasteiger partial charge in [0.05, 0.1) is 4.92 Å². The van der Waals surface area contributed by atoms with Gasteiger partial charge in [0.1, 0.15) is 0 Å². The van der Waals surface area contributed by atoms with Crippen molar-refractivity contribution in [2.45, 2.75) is 12.8 Å². The van der Waals surface area contributed by atoms with Crippen LogP contribution in [0.1, 0.15) is 17.5 Å². The molecule has 0 aromatic heterocycles. The first-order valence-corrected chi connectivity index (χ1v) is 8.71. The van der Waals surface area contributed by atoms with E-state index in [4.69, 9.17) is 12.2 Å². The Labute approximate surface area is 166 Å². The number of nitrogens with zero attached hydrogens (tertiary/aromatic N) is 1. The fraction of sp³-hybridized carbons (Fsp3) is 0.105. The van der Waals surface area contributed by atoms with Crippen LogP contribution in [0.15, 0.2) is 60.7 Å². The molecule has 28 heavy (non-hydrogen) atoms. The van der Waals surface area contributed by atoms with Gasteiger partial charge in [-0.3, -0.25) is 35.9 Å². The van der Waals surface area contributed by atoms with E-state index in [9.17, 15) is 19.7 Å². The highest BCUT2D eigenvalue weighted by Gasteiger charge is 2.05. The number of thiocarbonyl (C=S) groups is 1. The lowest BCUT2D eigenvalue weighted by atomic mass is 10.1. The lowest BCUT2D eigenvalue weighted by Crippen LogP contribution is -2.48. The number of hydrazine groups is 1. The molecule has 0 unspecified atom stereocenters. The van der Waals surface area contributed by atoms with E-state index in [0.29, 0.717) is 12.0 Å². The average Bonchev–Trinajstić information content (AvgIpc) is 2.70. The highest BCUT2D eigenvalue weighted by Crippen LogP contribution is 2.12. The van der Waals surface area contributed by atoms with E-state index in [0.717, 1.165) is 5.56 Å². The Morgan fingerprint density at radius 3 is 2.36 bits per heavy atom. The summed E-state index contributed by atoms with van der Waals surface area (Å²) >= 11 is 4.94. The zero-order valence-corrected chi connectivity index (χ0v) is 15.6. The molecular formula is C19H18N4O4S. The van der Waals surface area contributed by atoms with Gasteiger partial charge in [0.15, 0.2) is 5.11 Å². The van der Waals surface area contributed by atoms with Gasteiger partial charge in [-0.1, -0.05) is 30.3 Å². The van der Waals surface area contributed by atoms with Crippen molar-refractivity contribution in [2.75, 3.05) is 0 Å². The number of nitrogens with one attached hydrogen (secondary N) is 3. The second kappa shape index (κ2) is 10.5. The zero-order chi connectivity index (χ0) is 20.4. The molecule has 0 bridgehead atoms. The Hall–Kier alpha value is -3.59. The molecule has 2 rings (SSSR count). The average molecular weight is 398 g/mol. The second-order valence-electron chi connectivity index (χ2n) is 5.66. The third-order valence-corrected chi connectivity index (χ3v) is 3.77. The van der Waals surface area contributed by atoms with E-state index >= 15 is 0 Å². The number of nitro benzene ring substituents is 1. The van der Waals surface area contributed by atoms with Gasteiger partial charge >= 0.3 is 0 Å². The first-order valence-electron chi connectivity index (χ1n) is 8.30. The molecule has 0 spiro atoms. The van der Waals surface area contributed by atoms with Gasteiger partial charge in [-0.05, 0) is 48.0 Å². The van der Waals surface area contributed by atoms with Crippen LogP contribution in [0.5, 0.6) is 0 Å². The van der Waals surface area contributed by atoms with Gasteiger partial charge in [0.2, 0.25) is 11.8 Å². The molecule has 0 heterocycles. The minimum Gasteiger partial charge on any atom is -0.298 e. The highest BCUT2D eigenvalue weighted by molar-refractivity contribution is 7.80. The van der Waals surface area contributed by atoms with Crippen molar-refractivity contribution in [3.05, 3.63) is 81.9 Å². The maximum absolute atomic E-state index is 11.8. The maximum atomic E-state index is 11.8. The number of carbonyl (C=O) groups excluding carboxylic acids is 2. The molecule has 0 atom stereocenters. The van der Waals surface area contributed by atoms with Crippen molar-refractivity contribution in [2.24, 2.45) is 0 Å². The van der Waals surface area contributed by atoms with Gasteiger partial charge in [-0.15, -0.1) is 0 Å². The van der Waals surface area contributed by atoms with Crippen LogP contribution in [0, 0.1) is 10.1 Å². The first kappa shape index (κ1) is 20.7. The summed E-state index contributed by atoms with van der Waals surface area (Å²) in [6.45, 7) is 0. The Balaban J connectivity index is 1.70. The largest absolute Gasteiger partial charge is 0.298 e. The topological polar surface area (TPSA) is 113 Å². The highest BCUT2D eigenvalue weighted by atomic mass is 32.1. The van der Waals surface area contributed by atoms with Crippen LogP contribution < -0.4 is 16.2 Å². The number of rotatable bonds is 6. The predicted molar refractivity (Wildman–Crippen MR) is 109 cm³/mol. The van der Waals surface area contributed by atoms with Crippen molar-refractivity contribution in [3.8, 4) is 0 Å². The molecule has 0 radical (unpaired) electrons. The smallest absolute Gasteiger partial charge is 0.269 e. The Bertz CT molecular complexity index is 883. The van der Waals surface area contributed by atoms with Crippen LogP contribution in [-0.4, -0.2) is 21.9 Å². The summed E-state index contributed by atoms with van der Waals surface area (Å²) in [7, 11) is 0. The molecule has 3 N–H and O–H groups in total. The summed E-state index contributed by atoms with van der Waals surface area (Å²) in [5.74, 6) is -0.767. The Morgan fingerprint density at radius 2 is 1.71 bits per heavy atom. The summed E-state index contributed by atoms with van der Waals surface area (Å²) in [6, 6.07) is 15.3. The van der Waals surface area contributed by atoms with Crippen LogP contribution >= 0.6 is 12.2 Å². The molecule has 0 aliphatic heterocycles. The number of hydrogen-bond acceptors (Lipinski definition) is 5. The van der Waals surface area contributed by atoms with Crippen molar-refractivity contribution < 1.29 is 14.5 Å². The minimum atomic E-state index is -0.505. The van der Waals surface area contributed by atoms with Crippen molar-refractivity contribution in [1.82, 2.24) is 16.2 Å². The molecule has 9 heteroatoms. The molecular weight excluding hydrogens is 380 g/mol. The van der Waals surface area contributed by atoms with Crippen molar-refractivity contribution in [3.63, 3.8) is 0 Å². The number of hydrogen-bond donors (Lipinski definition) is 3. The van der Waals surface area contributed by atoms with Crippen molar-refractivity contribution >= 4 is 40.9 Å². The van der Waals surface area contributed by atoms with E-state index < -0.39 is 10.8 Å². The normalized spacial score (nSPS) is 10.3. The summed E-state index contributed by atoms with van der Waals surface area (Å²) in [6.07, 6.45) is 3.57. The van der Waals surface area contributed by atoms with Gasteiger partial charge in [0.25, 0.3) is 5.69 Å².